The Morgan fingerprint density at radius 2 is 2.17 bits per heavy atom. The minimum Gasteiger partial charge on any atom is -0.310 e. The van der Waals surface area contributed by atoms with Crippen molar-refractivity contribution >= 4 is 11.6 Å². The SMILES string of the molecule is C[C@H](C(=O)N1CCc2ccccc21)N1CCC[C@@H](c2ccn[nH]2)C1. The van der Waals surface area contributed by atoms with Crippen LogP contribution in [-0.4, -0.2) is 46.7 Å². The van der Waals surface area contributed by atoms with E-state index in [2.05, 4.69) is 46.3 Å². The third-order valence-electron chi connectivity index (χ3n) is 5.47. The van der Waals surface area contributed by atoms with E-state index in [0.717, 1.165) is 44.6 Å². The van der Waals surface area contributed by atoms with Gasteiger partial charge in [0, 0.05) is 36.6 Å². The van der Waals surface area contributed by atoms with Gasteiger partial charge in [0.05, 0.1) is 6.04 Å². The van der Waals surface area contributed by atoms with Gasteiger partial charge in [-0.25, -0.2) is 0 Å². The molecule has 0 radical (unpaired) electrons. The average Bonchev–Trinajstić information content (AvgIpc) is 3.30. The van der Waals surface area contributed by atoms with Crippen molar-refractivity contribution in [1.29, 1.82) is 0 Å². The van der Waals surface area contributed by atoms with Gasteiger partial charge in [0.2, 0.25) is 5.91 Å². The largest absolute Gasteiger partial charge is 0.310 e. The lowest BCUT2D eigenvalue weighted by molar-refractivity contribution is -0.123. The normalized spacial score (nSPS) is 22.4. The van der Waals surface area contributed by atoms with E-state index in [1.165, 1.54) is 11.3 Å². The maximum atomic E-state index is 13.1. The van der Waals surface area contributed by atoms with E-state index in [9.17, 15) is 4.79 Å². The van der Waals surface area contributed by atoms with Gasteiger partial charge in [-0.05, 0) is 50.4 Å². The number of aromatic amines is 1. The highest BCUT2D eigenvalue weighted by molar-refractivity contribution is 5.98. The number of nitrogens with one attached hydrogen (secondary N) is 1. The van der Waals surface area contributed by atoms with Gasteiger partial charge >= 0.3 is 0 Å². The van der Waals surface area contributed by atoms with Gasteiger partial charge in [-0.3, -0.25) is 14.8 Å². The van der Waals surface area contributed by atoms with Gasteiger partial charge in [0.25, 0.3) is 0 Å². The number of likely N-dealkylation sites (tertiary alicyclic amines) is 1. The molecular formula is C19H24N4O. The fourth-order valence-corrected chi connectivity index (χ4v) is 4.05. The zero-order chi connectivity index (χ0) is 16.5. The zero-order valence-corrected chi connectivity index (χ0v) is 14.1. The molecule has 1 aromatic heterocycles. The summed E-state index contributed by atoms with van der Waals surface area (Å²) in [7, 11) is 0. The molecule has 3 heterocycles. The fourth-order valence-electron chi connectivity index (χ4n) is 4.05. The third-order valence-corrected chi connectivity index (χ3v) is 5.47. The first kappa shape index (κ1) is 15.4. The van der Waals surface area contributed by atoms with Gasteiger partial charge in [0.15, 0.2) is 0 Å². The molecule has 1 amide bonds. The Kier molecular flexibility index (Phi) is 4.10. The van der Waals surface area contributed by atoms with Gasteiger partial charge in [-0.1, -0.05) is 18.2 Å². The molecule has 2 aromatic rings. The number of hydrogen-bond donors (Lipinski definition) is 1. The Labute approximate surface area is 142 Å². The lowest BCUT2D eigenvalue weighted by Crippen LogP contribution is -2.49. The molecule has 5 heteroatoms. The lowest BCUT2D eigenvalue weighted by Gasteiger charge is -2.37. The van der Waals surface area contributed by atoms with E-state index in [1.54, 1.807) is 0 Å². The number of rotatable bonds is 3. The standard InChI is InChI=1S/C19H24N4O/c1-14(19(24)23-12-9-15-5-2-3-7-18(15)23)22-11-4-6-16(13-22)17-8-10-20-21-17/h2-3,5,7-8,10,14,16H,4,6,9,11-13H2,1H3,(H,20,21)/t14-,16-/m1/s1. The van der Waals surface area contributed by atoms with Crippen LogP contribution in [0, 0.1) is 0 Å². The molecule has 0 bridgehead atoms. The monoisotopic (exact) mass is 324 g/mol. The van der Waals surface area contributed by atoms with Crippen LogP contribution in [0.5, 0.6) is 0 Å². The Morgan fingerprint density at radius 1 is 1.29 bits per heavy atom. The van der Waals surface area contributed by atoms with Crippen molar-refractivity contribution in [2.75, 3.05) is 24.5 Å². The first-order valence-electron chi connectivity index (χ1n) is 8.86. The second-order valence-electron chi connectivity index (χ2n) is 6.89. The maximum Gasteiger partial charge on any atom is 0.244 e. The number of H-pyrrole nitrogens is 1. The zero-order valence-electron chi connectivity index (χ0n) is 14.1. The van der Waals surface area contributed by atoms with E-state index >= 15 is 0 Å². The number of piperidine rings is 1. The highest BCUT2D eigenvalue weighted by Crippen LogP contribution is 2.30. The predicted molar refractivity (Wildman–Crippen MR) is 94.1 cm³/mol. The van der Waals surface area contributed by atoms with Crippen molar-refractivity contribution in [3.8, 4) is 0 Å². The first-order chi connectivity index (χ1) is 11.7. The van der Waals surface area contributed by atoms with Crippen LogP contribution in [-0.2, 0) is 11.2 Å². The summed E-state index contributed by atoms with van der Waals surface area (Å²) in [6, 6.07) is 10.2. The summed E-state index contributed by atoms with van der Waals surface area (Å²) in [6.45, 7) is 4.77. The van der Waals surface area contributed by atoms with E-state index in [1.807, 2.05) is 17.2 Å². The second kappa shape index (κ2) is 6.40. The number of carbonyl (C=O) groups is 1. The Hall–Kier alpha value is -2.14. The van der Waals surface area contributed by atoms with Crippen molar-refractivity contribution in [3.05, 3.63) is 47.8 Å². The van der Waals surface area contributed by atoms with Crippen LogP contribution in [0.3, 0.4) is 0 Å². The molecule has 24 heavy (non-hydrogen) atoms. The average molecular weight is 324 g/mol. The Bertz CT molecular complexity index is 712. The van der Waals surface area contributed by atoms with E-state index < -0.39 is 0 Å². The molecule has 2 aliphatic heterocycles. The first-order valence-corrected chi connectivity index (χ1v) is 8.86. The predicted octanol–water partition coefficient (Wildman–Crippen LogP) is 2.57. The molecule has 1 N–H and O–H groups in total. The number of amides is 1. The van der Waals surface area contributed by atoms with Crippen LogP contribution in [0.15, 0.2) is 36.5 Å². The van der Waals surface area contributed by atoms with Crippen LogP contribution in [0.25, 0.3) is 0 Å². The molecule has 1 aromatic carbocycles. The number of hydrogen-bond acceptors (Lipinski definition) is 3. The van der Waals surface area contributed by atoms with Gasteiger partial charge in [-0.2, -0.15) is 5.10 Å². The minimum atomic E-state index is -0.0816. The molecule has 1 fully saturated rings. The summed E-state index contributed by atoms with van der Waals surface area (Å²) in [5, 5.41) is 7.16. The highest BCUT2D eigenvalue weighted by atomic mass is 16.2. The molecule has 0 aliphatic carbocycles. The Morgan fingerprint density at radius 3 is 3.00 bits per heavy atom. The van der Waals surface area contributed by atoms with Crippen molar-refractivity contribution in [1.82, 2.24) is 15.1 Å². The van der Waals surface area contributed by atoms with Gasteiger partial charge in [-0.15, -0.1) is 0 Å². The summed E-state index contributed by atoms with van der Waals surface area (Å²) in [4.78, 5) is 17.4. The molecule has 1 saturated heterocycles. The minimum absolute atomic E-state index is 0.0816. The van der Waals surface area contributed by atoms with Crippen LogP contribution in [0.4, 0.5) is 5.69 Å². The fraction of sp³-hybridized carbons (Fsp3) is 0.474. The van der Waals surface area contributed by atoms with Crippen molar-refractivity contribution < 1.29 is 4.79 Å². The third kappa shape index (κ3) is 2.73. The molecule has 2 aliphatic rings. The second-order valence-corrected chi connectivity index (χ2v) is 6.89. The summed E-state index contributed by atoms with van der Waals surface area (Å²) >= 11 is 0. The molecule has 5 nitrogen and oxygen atoms in total. The quantitative estimate of drug-likeness (QED) is 0.944. The van der Waals surface area contributed by atoms with Crippen molar-refractivity contribution in [3.63, 3.8) is 0 Å². The van der Waals surface area contributed by atoms with Crippen LogP contribution in [0.2, 0.25) is 0 Å². The number of anilines is 1. The van der Waals surface area contributed by atoms with Crippen LogP contribution < -0.4 is 4.90 Å². The maximum absolute atomic E-state index is 13.1. The number of carbonyl (C=O) groups excluding carboxylic acids is 1. The smallest absolute Gasteiger partial charge is 0.244 e. The van der Waals surface area contributed by atoms with Crippen LogP contribution >= 0.6 is 0 Å². The molecular weight excluding hydrogens is 300 g/mol. The number of para-hydroxylation sites is 1. The highest BCUT2D eigenvalue weighted by Gasteiger charge is 2.33. The number of aromatic nitrogens is 2. The summed E-state index contributed by atoms with van der Waals surface area (Å²) in [5.74, 6) is 0.674. The topological polar surface area (TPSA) is 52.2 Å². The number of benzene rings is 1. The molecule has 126 valence electrons. The molecule has 2 atom stereocenters. The van der Waals surface area contributed by atoms with Crippen LogP contribution in [0.1, 0.15) is 36.9 Å². The summed E-state index contributed by atoms with van der Waals surface area (Å²) in [6.07, 6.45) is 5.06. The van der Waals surface area contributed by atoms with E-state index in [0.29, 0.717) is 5.92 Å². The van der Waals surface area contributed by atoms with E-state index in [-0.39, 0.29) is 11.9 Å². The van der Waals surface area contributed by atoms with Crippen molar-refractivity contribution in [2.24, 2.45) is 0 Å². The molecule has 0 spiro atoms. The van der Waals surface area contributed by atoms with E-state index in [4.69, 9.17) is 0 Å². The van der Waals surface area contributed by atoms with Gasteiger partial charge < -0.3 is 4.90 Å². The summed E-state index contributed by atoms with van der Waals surface area (Å²) in [5.41, 5.74) is 3.56. The molecule has 0 saturated carbocycles. The van der Waals surface area contributed by atoms with Crippen molar-refractivity contribution in [2.45, 2.75) is 38.1 Å². The summed E-state index contributed by atoms with van der Waals surface area (Å²) < 4.78 is 0. The molecule has 4 rings (SSSR count). The number of nitrogens with zero attached hydrogens (tertiary/aromatic N) is 3. The van der Waals surface area contributed by atoms with Gasteiger partial charge in [0.1, 0.15) is 0 Å². The molecule has 0 unspecified atom stereocenters. The lowest BCUT2D eigenvalue weighted by atomic mass is 9.94. The Balaban J connectivity index is 1.47. The number of fused-ring (bicyclic) bond motifs is 1.